The van der Waals surface area contributed by atoms with Gasteiger partial charge in [0.2, 0.25) is 0 Å². The summed E-state index contributed by atoms with van der Waals surface area (Å²) >= 11 is 3.72. The highest BCUT2D eigenvalue weighted by Gasteiger charge is 2.16. The molecule has 7 aromatic carbocycles. The van der Waals surface area contributed by atoms with Crippen LogP contribution in [0.4, 0.5) is 17.1 Å². The molecule has 9 aromatic rings. The molecule has 0 amide bonds. The summed E-state index contributed by atoms with van der Waals surface area (Å²) in [6.07, 6.45) is 0. The zero-order chi connectivity index (χ0) is 29.7. The predicted molar refractivity (Wildman–Crippen MR) is 198 cm³/mol. The Balaban J connectivity index is 1.15. The fourth-order valence-electron chi connectivity index (χ4n) is 6.44. The van der Waals surface area contributed by atoms with Crippen molar-refractivity contribution in [3.63, 3.8) is 0 Å². The van der Waals surface area contributed by atoms with Gasteiger partial charge in [0.15, 0.2) is 0 Å². The predicted octanol–water partition coefficient (Wildman–Crippen LogP) is 13.2. The van der Waals surface area contributed by atoms with Gasteiger partial charge in [-0.05, 0) is 89.0 Å². The van der Waals surface area contributed by atoms with Crippen LogP contribution in [-0.4, -0.2) is 0 Å². The van der Waals surface area contributed by atoms with Gasteiger partial charge in [0.25, 0.3) is 0 Å². The van der Waals surface area contributed by atoms with Gasteiger partial charge in [-0.3, -0.25) is 0 Å². The highest BCUT2D eigenvalue weighted by atomic mass is 32.1. The topological polar surface area (TPSA) is 3.24 Å². The molecule has 0 aliphatic carbocycles. The van der Waals surface area contributed by atoms with E-state index in [1.54, 1.807) is 0 Å². The molecule has 0 aliphatic rings. The smallest absolute Gasteiger partial charge is 0.0468 e. The molecule has 45 heavy (non-hydrogen) atoms. The lowest BCUT2D eigenvalue weighted by Gasteiger charge is -2.26. The van der Waals surface area contributed by atoms with Crippen LogP contribution in [0.15, 0.2) is 164 Å². The first-order valence-corrected chi connectivity index (χ1v) is 16.8. The molecule has 0 saturated carbocycles. The molecule has 0 unspecified atom stereocenters. The van der Waals surface area contributed by atoms with E-state index in [0.29, 0.717) is 0 Å². The van der Waals surface area contributed by atoms with Gasteiger partial charge in [-0.2, -0.15) is 0 Å². The maximum Gasteiger partial charge on any atom is 0.0468 e. The molecule has 212 valence electrons. The Bertz CT molecular complexity index is 2470. The van der Waals surface area contributed by atoms with Crippen LogP contribution >= 0.6 is 22.7 Å². The first-order valence-electron chi connectivity index (χ1n) is 15.2. The van der Waals surface area contributed by atoms with E-state index in [9.17, 15) is 0 Å². The van der Waals surface area contributed by atoms with Gasteiger partial charge in [0.1, 0.15) is 0 Å². The lowest BCUT2D eigenvalue weighted by atomic mass is 10.0. The minimum absolute atomic E-state index is 1.13. The van der Waals surface area contributed by atoms with Gasteiger partial charge in [0, 0.05) is 57.4 Å². The standard InChI is InChI=1S/C42H27NS2/c1-2-8-28(9-3-1)29-14-19-32(20-15-29)43(34-23-25-42-38(27-34)36-11-5-7-13-40(36)45-42)33-21-16-30(17-22-33)31-18-24-41-37(26-31)35-10-4-6-12-39(35)44-41/h1-27H. The fourth-order valence-corrected chi connectivity index (χ4v) is 8.62. The van der Waals surface area contributed by atoms with E-state index in [1.165, 1.54) is 62.6 Å². The summed E-state index contributed by atoms with van der Waals surface area (Å²) in [4.78, 5) is 2.38. The molecular weight excluding hydrogens is 583 g/mol. The highest BCUT2D eigenvalue weighted by molar-refractivity contribution is 7.26. The Labute approximate surface area is 269 Å². The third kappa shape index (κ3) is 4.60. The third-order valence-corrected chi connectivity index (χ3v) is 11.0. The average Bonchev–Trinajstić information content (AvgIpc) is 3.67. The molecule has 2 aromatic heterocycles. The van der Waals surface area contributed by atoms with Gasteiger partial charge < -0.3 is 4.90 Å². The number of benzene rings is 7. The van der Waals surface area contributed by atoms with Gasteiger partial charge in [-0.1, -0.05) is 97.1 Å². The van der Waals surface area contributed by atoms with E-state index in [1.807, 2.05) is 22.7 Å². The summed E-state index contributed by atoms with van der Waals surface area (Å²) < 4.78 is 5.30. The number of anilines is 3. The largest absolute Gasteiger partial charge is 0.310 e. The number of hydrogen-bond donors (Lipinski definition) is 0. The summed E-state index contributed by atoms with van der Waals surface area (Å²) in [6, 6.07) is 59.7. The SMILES string of the molecule is c1ccc(-c2ccc(N(c3ccc(-c4ccc5sc6ccccc6c5c4)cc3)c3ccc4sc5ccccc5c4c3)cc2)cc1. The van der Waals surface area contributed by atoms with Crippen LogP contribution < -0.4 is 4.90 Å². The number of hydrogen-bond acceptors (Lipinski definition) is 3. The molecular formula is C42H27NS2. The number of fused-ring (bicyclic) bond motifs is 6. The second-order valence-corrected chi connectivity index (χ2v) is 13.6. The molecule has 1 nitrogen and oxygen atoms in total. The van der Waals surface area contributed by atoms with Crippen molar-refractivity contribution in [3.8, 4) is 22.3 Å². The van der Waals surface area contributed by atoms with Crippen molar-refractivity contribution in [3.05, 3.63) is 164 Å². The Morgan fingerprint density at radius 3 is 1.33 bits per heavy atom. The van der Waals surface area contributed by atoms with E-state index in [0.717, 1.165) is 17.1 Å². The summed E-state index contributed by atoms with van der Waals surface area (Å²) in [7, 11) is 0. The number of thiophene rings is 2. The number of rotatable bonds is 5. The molecule has 0 N–H and O–H groups in total. The lowest BCUT2D eigenvalue weighted by molar-refractivity contribution is 1.29. The molecule has 3 heteroatoms. The van der Waals surface area contributed by atoms with Crippen molar-refractivity contribution in [2.45, 2.75) is 0 Å². The van der Waals surface area contributed by atoms with Crippen molar-refractivity contribution >= 4 is 80.1 Å². The van der Waals surface area contributed by atoms with E-state index in [4.69, 9.17) is 0 Å². The fraction of sp³-hybridized carbons (Fsp3) is 0. The van der Waals surface area contributed by atoms with E-state index >= 15 is 0 Å². The molecule has 0 saturated heterocycles. The van der Waals surface area contributed by atoms with Gasteiger partial charge >= 0.3 is 0 Å². The second kappa shape index (κ2) is 10.7. The van der Waals surface area contributed by atoms with Crippen LogP contribution in [0.2, 0.25) is 0 Å². The number of nitrogens with zero attached hydrogens (tertiary/aromatic N) is 1. The van der Waals surface area contributed by atoms with Gasteiger partial charge in [-0.25, -0.2) is 0 Å². The van der Waals surface area contributed by atoms with Crippen molar-refractivity contribution in [1.82, 2.24) is 0 Å². The minimum Gasteiger partial charge on any atom is -0.310 e. The highest BCUT2D eigenvalue weighted by Crippen LogP contribution is 2.42. The summed E-state index contributed by atoms with van der Waals surface area (Å²) in [5, 5.41) is 5.27. The second-order valence-electron chi connectivity index (χ2n) is 11.4. The first kappa shape index (κ1) is 26.2. The third-order valence-electron chi connectivity index (χ3n) is 8.69. The van der Waals surface area contributed by atoms with Crippen LogP contribution in [0.3, 0.4) is 0 Å². The summed E-state index contributed by atoms with van der Waals surface area (Å²) in [5.41, 5.74) is 8.31. The molecule has 0 radical (unpaired) electrons. The maximum absolute atomic E-state index is 2.38. The summed E-state index contributed by atoms with van der Waals surface area (Å²) in [5.74, 6) is 0. The average molecular weight is 610 g/mol. The Morgan fingerprint density at radius 2 is 0.711 bits per heavy atom. The molecule has 9 rings (SSSR count). The summed E-state index contributed by atoms with van der Waals surface area (Å²) in [6.45, 7) is 0. The van der Waals surface area contributed by atoms with E-state index in [-0.39, 0.29) is 0 Å². The van der Waals surface area contributed by atoms with Crippen LogP contribution in [0.1, 0.15) is 0 Å². The quantitative estimate of drug-likeness (QED) is 0.188. The minimum atomic E-state index is 1.13. The zero-order valence-corrected chi connectivity index (χ0v) is 26.0. The van der Waals surface area contributed by atoms with E-state index in [2.05, 4.69) is 169 Å². The van der Waals surface area contributed by atoms with Crippen LogP contribution in [0.5, 0.6) is 0 Å². The zero-order valence-electron chi connectivity index (χ0n) is 24.4. The van der Waals surface area contributed by atoms with Crippen molar-refractivity contribution in [2.75, 3.05) is 4.90 Å². The molecule has 0 atom stereocenters. The van der Waals surface area contributed by atoms with Crippen molar-refractivity contribution in [2.24, 2.45) is 0 Å². The molecule has 0 spiro atoms. The van der Waals surface area contributed by atoms with Crippen molar-refractivity contribution in [1.29, 1.82) is 0 Å². The van der Waals surface area contributed by atoms with Gasteiger partial charge in [0.05, 0.1) is 0 Å². The van der Waals surface area contributed by atoms with Crippen LogP contribution in [-0.2, 0) is 0 Å². The Hall–Kier alpha value is -5.22. The lowest BCUT2D eigenvalue weighted by Crippen LogP contribution is -2.09. The van der Waals surface area contributed by atoms with Crippen LogP contribution in [0, 0.1) is 0 Å². The first-order chi connectivity index (χ1) is 22.3. The van der Waals surface area contributed by atoms with Crippen LogP contribution in [0.25, 0.3) is 62.6 Å². The molecule has 0 fully saturated rings. The molecule has 2 heterocycles. The maximum atomic E-state index is 2.38. The Morgan fingerprint density at radius 1 is 0.289 bits per heavy atom. The normalized spacial score (nSPS) is 11.6. The van der Waals surface area contributed by atoms with Gasteiger partial charge in [-0.15, -0.1) is 22.7 Å². The molecule has 0 aliphatic heterocycles. The molecule has 0 bridgehead atoms. The van der Waals surface area contributed by atoms with E-state index < -0.39 is 0 Å². The monoisotopic (exact) mass is 609 g/mol. The Kier molecular flexibility index (Phi) is 6.26. The van der Waals surface area contributed by atoms with Crippen molar-refractivity contribution < 1.29 is 0 Å².